The van der Waals surface area contributed by atoms with Crippen LogP contribution in [-0.2, 0) is 22.7 Å². The quantitative estimate of drug-likeness (QED) is 0.713. The molecule has 0 bridgehead atoms. The summed E-state index contributed by atoms with van der Waals surface area (Å²) in [5, 5.41) is 13.0. The van der Waals surface area contributed by atoms with Crippen molar-refractivity contribution in [2.24, 2.45) is 0 Å². The fourth-order valence-corrected chi connectivity index (χ4v) is 2.38. The number of nitrogens with zero attached hydrogens (tertiary/aromatic N) is 4. The van der Waals surface area contributed by atoms with E-state index in [9.17, 15) is 14.4 Å². The molecular weight excluding hydrogens is 316 g/mol. The zero-order valence-corrected chi connectivity index (χ0v) is 12.8. The van der Waals surface area contributed by atoms with Crippen molar-refractivity contribution in [3.63, 3.8) is 0 Å². The van der Waals surface area contributed by atoms with Crippen molar-refractivity contribution in [3.05, 3.63) is 40.4 Å². The Morgan fingerprint density at radius 2 is 2.33 bits per heavy atom. The number of amides is 2. The molecule has 126 valence electrons. The van der Waals surface area contributed by atoms with Crippen LogP contribution in [0.15, 0.2) is 27.6 Å². The second-order valence-electron chi connectivity index (χ2n) is 5.38. The van der Waals surface area contributed by atoms with Crippen molar-refractivity contribution in [2.45, 2.75) is 31.8 Å². The molecule has 10 nitrogen and oxygen atoms in total. The van der Waals surface area contributed by atoms with E-state index >= 15 is 0 Å². The van der Waals surface area contributed by atoms with Gasteiger partial charge >= 0.3 is 0 Å². The third-order valence-corrected chi connectivity index (χ3v) is 3.61. The van der Waals surface area contributed by atoms with Gasteiger partial charge in [0.2, 0.25) is 17.7 Å². The molecule has 1 aliphatic rings. The van der Waals surface area contributed by atoms with E-state index in [1.54, 1.807) is 0 Å². The molecule has 1 unspecified atom stereocenters. The summed E-state index contributed by atoms with van der Waals surface area (Å²) in [4.78, 5) is 38.9. The average molecular weight is 332 g/mol. The van der Waals surface area contributed by atoms with Crippen LogP contribution in [0.2, 0.25) is 0 Å². The number of carbonyl (C=O) groups is 2. The molecule has 10 heteroatoms. The summed E-state index contributed by atoms with van der Waals surface area (Å²) in [6.07, 6.45) is 2.51. The Morgan fingerprint density at radius 3 is 3.12 bits per heavy atom. The van der Waals surface area contributed by atoms with Crippen molar-refractivity contribution < 1.29 is 14.1 Å². The Morgan fingerprint density at radius 1 is 1.46 bits per heavy atom. The highest BCUT2D eigenvalue weighted by Crippen LogP contribution is 2.22. The van der Waals surface area contributed by atoms with Crippen LogP contribution >= 0.6 is 0 Å². The van der Waals surface area contributed by atoms with Crippen LogP contribution in [0.1, 0.15) is 30.5 Å². The molecule has 3 rings (SSSR count). The minimum atomic E-state index is -0.396. The van der Waals surface area contributed by atoms with E-state index in [0.29, 0.717) is 18.8 Å². The maximum Gasteiger partial charge on any atom is 0.267 e. The predicted octanol–water partition coefficient (Wildman–Crippen LogP) is -1.06. The molecule has 0 aromatic carbocycles. The molecular formula is C14H16N6O4. The summed E-state index contributed by atoms with van der Waals surface area (Å²) in [5.41, 5.74) is -0.358. The predicted molar refractivity (Wildman–Crippen MR) is 79.6 cm³/mol. The zero-order chi connectivity index (χ0) is 16.9. The maximum atomic E-state index is 11.8. The highest BCUT2D eigenvalue weighted by Gasteiger charge is 2.25. The van der Waals surface area contributed by atoms with Crippen LogP contribution in [0.3, 0.4) is 0 Å². The van der Waals surface area contributed by atoms with Crippen molar-refractivity contribution in [3.8, 4) is 0 Å². The Labute approximate surface area is 136 Å². The Hall–Kier alpha value is -3.04. The van der Waals surface area contributed by atoms with Gasteiger partial charge in [0.25, 0.3) is 5.56 Å². The Kier molecular flexibility index (Phi) is 4.64. The van der Waals surface area contributed by atoms with E-state index < -0.39 is 5.91 Å². The standard InChI is InChI=1S/C14H16N6O4/c21-10-6-9(3-5-15-10)14-18-12(24-19-14)7-16-11(22)8-20-13(23)2-1-4-17-20/h1-2,4,9H,3,5-8H2,(H,15,21)(H,16,22). The van der Waals surface area contributed by atoms with Crippen molar-refractivity contribution in [1.29, 1.82) is 0 Å². The first-order valence-electron chi connectivity index (χ1n) is 7.50. The van der Waals surface area contributed by atoms with Gasteiger partial charge in [-0.2, -0.15) is 10.1 Å². The van der Waals surface area contributed by atoms with Gasteiger partial charge in [-0.3, -0.25) is 14.4 Å². The number of piperidine rings is 1. The van der Waals surface area contributed by atoms with E-state index in [1.165, 1.54) is 18.3 Å². The first-order valence-corrected chi connectivity index (χ1v) is 7.50. The first kappa shape index (κ1) is 15.8. The van der Waals surface area contributed by atoms with Crippen LogP contribution in [-0.4, -0.2) is 38.3 Å². The molecule has 1 aliphatic heterocycles. The van der Waals surface area contributed by atoms with Crippen LogP contribution in [0.25, 0.3) is 0 Å². The van der Waals surface area contributed by atoms with Gasteiger partial charge < -0.3 is 15.2 Å². The lowest BCUT2D eigenvalue weighted by Gasteiger charge is -2.18. The molecule has 0 radical (unpaired) electrons. The van der Waals surface area contributed by atoms with Gasteiger partial charge in [0, 0.05) is 31.1 Å². The lowest BCUT2D eigenvalue weighted by atomic mass is 9.97. The minimum Gasteiger partial charge on any atom is -0.356 e. The fraction of sp³-hybridized carbons (Fsp3) is 0.429. The number of hydrogen-bond acceptors (Lipinski definition) is 7. The first-order chi connectivity index (χ1) is 11.6. The third-order valence-electron chi connectivity index (χ3n) is 3.61. The zero-order valence-electron chi connectivity index (χ0n) is 12.8. The van der Waals surface area contributed by atoms with E-state index in [-0.39, 0.29) is 36.4 Å². The molecule has 1 saturated heterocycles. The van der Waals surface area contributed by atoms with Gasteiger partial charge in [0.05, 0.1) is 6.54 Å². The molecule has 0 saturated carbocycles. The summed E-state index contributed by atoms with van der Waals surface area (Å²) in [6, 6.07) is 2.83. The summed E-state index contributed by atoms with van der Waals surface area (Å²) in [5.74, 6) is 0.214. The molecule has 0 spiro atoms. The number of carbonyl (C=O) groups excluding carboxylic acids is 2. The fourth-order valence-electron chi connectivity index (χ4n) is 2.38. The van der Waals surface area contributed by atoms with Crippen LogP contribution in [0.5, 0.6) is 0 Å². The highest BCUT2D eigenvalue weighted by molar-refractivity contribution is 5.77. The molecule has 1 atom stereocenters. The monoisotopic (exact) mass is 332 g/mol. The van der Waals surface area contributed by atoms with Gasteiger partial charge in [-0.1, -0.05) is 5.16 Å². The normalized spacial score (nSPS) is 17.3. The summed E-state index contributed by atoms with van der Waals surface area (Å²) >= 11 is 0. The van der Waals surface area contributed by atoms with Gasteiger partial charge in [-0.25, -0.2) is 4.68 Å². The lowest BCUT2D eigenvalue weighted by Crippen LogP contribution is -2.33. The van der Waals surface area contributed by atoms with Gasteiger partial charge in [-0.05, 0) is 12.5 Å². The number of aromatic nitrogens is 4. The second-order valence-corrected chi connectivity index (χ2v) is 5.38. The third kappa shape index (κ3) is 3.83. The molecule has 24 heavy (non-hydrogen) atoms. The van der Waals surface area contributed by atoms with Crippen molar-refractivity contribution in [2.75, 3.05) is 6.54 Å². The molecule has 1 fully saturated rings. The van der Waals surface area contributed by atoms with Crippen LogP contribution in [0.4, 0.5) is 0 Å². The Bertz CT molecular complexity index is 798. The number of nitrogens with one attached hydrogen (secondary N) is 2. The molecule has 2 amide bonds. The molecule has 3 heterocycles. The average Bonchev–Trinajstić information content (AvgIpc) is 3.04. The minimum absolute atomic E-state index is 0.0355. The lowest BCUT2D eigenvalue weighted by molar-refractivity contribution is -0.123. The highest BCUT2D eigenvalue weighted by atomic mass is 16.5. The largest absolute Gasteiger partial charge is 0.356 e. The van der Waals surface area contributed by atoms with Gasteiger partial charge in [0.1, 0.15) is 6.54 Å². The second kappa shape index (κ2) is 7.02. The summed E-state index contributed by atoms with van der Waals surface area (Å²) in [6.45, 7) is 0.443. The number of hydrogen-bond donors (Lipinski definition) is 2. The smallest absolute Gasteiger partial charge is 0.267 e. The Balaban J connectivity index is 1.53. The molecule has 2 aromatic rings. The summed E-state index contributed by atoms with van der Waals surface area (Å²) in [7, 11) is 0. The molecule has 2 N–H and O–H groups in total. The van der Waals surface area contributed by atoms with E-state index in [4.69, 9.17) is 4.52 Å². The van der Waals surface area contributed by atoms with E-state index in [0.717, 1.165) is 11.1 Å². The van der Waals surface area contributed by atoms with Crippen molar-refractivity contribution >= 4 is 11.8 Å². The van der Waals surface area contributed by atoms with Crippen LogP contribution in [0, 0.1) is 0 Å². The SMILES string of the molecule is O=C1CC(c2noc(CNC(=O)Cn3ncccc3=O)n2)CCN1. The van der Waals surface area contributed by atoms with Gasteiger partial charge in [0.15, 0.2) is 5.82 Å². The molecule has 2 aromatic heterocycles. The topological polar surface area (TPSA) is 132 Å². The van der Waals surface area contributed by atoms with Crippen molar-refractivity contribution in [1.82, 2.24) is 30.6 Å². The molecule has 0 aliphatic carbocycles. The summed E-state index contributed by atoms with van der Waals surface area (Å²) < 4.78 is 6.14. The van der Waals surface area contributed by atoms with E-state index in [2.05, 4.69) is 25.9 Å². The number of rotatable bonds is 5. The van der Waals surface area contributed by atoms with Gasteiger partial charge in [-0.15, -0.1) is 0 Å². The maximum absolute atomic E-state index is 11.8. The van der Waals surface area contributed by atoms with Crippen LogP contribution < -0.4 is 16.2 Å². The van der Waals surface area contributed by atoms with E-state index in [1.807, 2.05) is 0 Å².